The molecule has 0 saturated carbocycles. The number of ether oxygens (including phenoxy) is 1. The van der Waals surface area contributed by atoms with Crippen molar-refractivity contribution >= 4 is 5.69 Å². The zero-order valence-corrected chi connectivity index (χ0v) is 22.2. The highest BCUT2D eigenvalue weighted by Crippen LogP contribution is 2.29. The normalized spacial score (nSPS) is 17.5. The van der Waals surface area contributed by atoms with Gasteiger partial charge in [0.25, 0.3) is 0 Å². The van der Waals surface area contributed by atoms with Crippen LogP contribution in [0.4, 0.5) is 5.69 Å². The van der Waals surface area contributed by atoms with E-state index >= 15 is 0 Å². The quantitative estimate of drug-likeness (QED) is 0.463. The Labute approximate surface area is 221 Å². The van der Waals surface area contributed by atoms with E-state index in [2.05, 4.69) is 107 Å². The second kappa shape index (κ2) is 12.0. The van der Waals surface area contributed by atoms with Gasteiger partial charge in [-0.1, -0.05) is 86.6 Å². The summed E-state index contributed by atoms with van der Waals surface area (Å²) in [7, 11) is 0. The Morgan fingerprint density at radius 3 is 1.89 bits per heavy atom. The molecule has 0 amide bonds. The first-order valence-corrected chi connectivity index (χ1v) is 13.7. The van der Waals surface area contributed by atoms with Crippen LogP contribution in [0.25, 0.3) is 0 Å². The molecule has 2 saturated heterocycles. The van der Waals surface area contributed by atoms with Gasteiger partial charge < -0.3 is 9.64 Å². The number of piperazine rings is 1. The van der Waals surface area contributed by atoms with Gasteiger partial charge >= 0.3 is 0 Å². The molecule has 37 heavy (non-hydrogen) atoms. The van der Waals surface area contributed by atoms with Crippen LogP contribution in [0, 0.1) is 0 Å². The first kappa shape index (κ1) is 25.7. The molecule has 3 aromatic carbocycles. The van der Waals surface area contributed by atoms with Crippen LogP contribution in [0.15, 0.2) is 83.7 Å². The van der Waals surface area contributed by atoms with Gasteiger partial charge in [-0.25, -0.2) is 0 Å². The molecule has 0 atom stereocenters. The minimum Gasteiger partial charge on any atom is -0.378 e. The lowest BCUT2D eigenvalue weighted by molar-refractivity contribution is 0.104. The summed E-state index contributed by atoms with van der Waals surface area (Å²) in [4.78, 5) is 21.0. The molecule has 0 aromatic heterocycles. The third-order valence-corrected chi connectivity index (χ3v) is 7.72. The lowest BCUT2D eigenvalue weighted by atomic mass is 9.96. The van der Waals surface area contributed by atoms with Crippen molar-refractivity contribution in [2.75, 3.05) is 57.4 Å². The van der Waals surface area contributed by atoms with Crippen molar-refractivity contribution in [1.29, 1.82) is 0 Å². The van der Waals surface area contributed by atoms with Crippen LogP contribution in [-0.4, -0.2) is 62.3 Å². The fourth-order valence-electron chi connectivity index (χ4n) is 5.54. The number of benzene rings is 2. The molecule has 3 aromatic rings. The van der Waals surface area contributed by atoms with Crippen LogP contribution in [0.1, 0.15) is 48.1 Å². The Kier molecular flexibility index (Phi) is 8.34. The number of hydrogen-bond acceptors (Lipinski definition) is 5. The highest BCUT2D eigenvalue weighted by Gasteiger charge is 2.27. The van der Waals surface area contributed by atoms with E-state index in [1.165, 1.54) is 16.7 Å². The summed E-state index contributed by atoms with van der Waals surface area (Å²) in [5, 5.41) is 0. The topological polar surface area (TPSA) is 36.0 Å². The van der Waals surface area contributed by atoms with E-state index in [-0.39, 0.29) is 11.5 Å². The largest absolute Gasteiger partial charge is 0.378 e. The fraction of sp³-hybridized carbons (Fsp3) is 0.406. The van der Waals surface area contributed by atoms with Crippen LogP contribution in [0.2, 0.25) is 0 Å². The van der Waals surface area contributed by atoms with Gasteiger partial charge in [-0.2, -0.15) is 0 Å². The summed E-state index contributed by atoms with van der Waals surface area (Å²) in [5.41, 5.74) is 5.76. The molecule has 0 N–H and O–H groups in total. The molecule has 0 radical (unpaired) electrons. The Morgan fingerprint density at radius 2 is 1.32 bits per heavy atom. The third-order valence-electron chi connectivity index (χ3n) is 7.72. The molecule has 5 nitrogen and oxygen atoms in total. The second-order valence-corrected chi connectivity index (χ2v) is 10.5. The van der Waals surface area contributed by atoms with Crippen LogP contribution < -0.4 is 10.3 Å². The van der Waals surface area contributed by atoms with Crippen molar-refractivity contribution in [1.82, 2.24) is 9.80 Å². The summed E-state index contributed by atoms with van der Waals surface area (Å²) in [5.74, 6) is 0.371. The summed E-state index contributed by atoms with van der Waals surface area (Å²) < 4.78 is 5.55. The van der Waals surface area contributed by atoms with E-state index in [1.54, 1.807) is 0 Å². The van der Waals surface area contributed by atoms with E-state index in [4.69, 9.17) is 4.74 Å². The van der Waals surface area contributed by atoms with E-state index in [1.807, 2.05) is 0 Å². The number of hydrogen-bond donors (Lipinski definition) is 0. The highest BCUT2D eigenvalue weighted by molar-refractivity contribution is 5.50. The SMILES string of the molecule is CC(C)c1ccc(CN2CCN(C(c3ccccc3)c3ccccc3)CC2)c(=O)c(N2CCOCC2)c1. The maximum Gasteiger partial charge on any atom is 0.206 e. The summed E-state index contributed by atoms with van der Waals surface area (Å²) in [6, 6.07) is 28.2. The number of morpholine rings is 1. The van der Waals surface area contributed by atoms with Gasteiger partial charge in [0.2, 0.25) is 5.43 Å². The molecule has 2 aliphatic rings. The first-order chi connectivity index (χ1) is 18.1. The Bertz CT molecular complexity index is 1160. The molecule has 194 valence electrons. The molecule has 2 heterocycles. The van der Waals surface area contributed by atoms with Gasteiger partial charge in [0.15, 0.2) is 0 Å². The Balaban J connectivity index is 1.34. The van der Waals surface area contributed by atoms with Crippen LogP contribution in [-0.2, 0) is 11.3 Å². The molecule has 2 fully saturated rings. The van der Waals surface area contributed by atoms with Crippen LogP contribution in [0.3, 0.4) is 0 Å². The number of rotatable bonds is 7. The molecule has 2 aliphatic heterocycles. The summed E-state index contributed by atoms with van der Waals surface area (Å²) in [6.07, 6.45) is 0. The summed E-state index contributed by atoms with van der Waals surface area (Å²) in [6.45, 7) is 11.8. The van der Waals surface area contributed by atoms with Gasteiger partial charge in [0.05, 0.1) is 24.9 Å². The fourth-order valence-corrected chi connectivity index (χ4v) is 5.54. The minimum absolute atomic E-state index is 0.169. The molecule has 0 aliphatic carbocycles. The van der Waals surface area contributed by atoms with E-state index < -0.39 is 0 Å². The summed E-state index contributed by atoms with van der Waals surface area (Å²) >= 11 is 0. The van der Waals surface area contributed by atoms with E-state index in [0.29, 0.717) is 25.7 Å². The lowest BCUT2D eigenvalue weighted by Gasteiger charge is -2.39. The van der Waals surface area contributed by atoms with E-state index in [0.717, 1.165) is 50.5 Å². The highest BCUT2D eigenvalue weighted by atomic mass is 16.5. The van der Waals surface area contributed by atoms with Gasteiger partial charge in [0, 0.05) is 51.4 Å². The standard InChI is InChI=1S/C32H39N3O2/c1-25(2)28-13-14-29(32(36)30(23-28)34-19-21-37-22-20-34)24-33-15-17-35(18-16-33)31(26-9-5-3-6-10-26)27-11-7-4-8-12-27/h3-14,23,25,31H,15-22,24H2,1-2H3. The Morgan fingerprint density at radius 1 is 0.730 bits per heavy atom. The molecule has 5 heteroatoms. The van der Waals surface area contributed by atoms with Gasteiger partial charge in [-0.15, -0.1) is 0 Å². The molecular weight excluding hydrogens is 458 g/mol. The smallest absolute Gasteiger partial charge is 0.206 e. The predicted octanol–water partition coefficient (Wildman–Crippen LogP) is 4.91. The van der Waals surface area contributed by atoms with Crippen LogP contribution >= 0.6 is 0 Å². The van der Waals surface area contributed by atoms with Crippen molar-refractivity contribution < 1.29 is 4.74 Å². The molecule has 0 bridgehead atoms. The van der Waals surface area contributed by atoms with Gasteiger partial charge in [-0.05, 0) is 28.7 Å². The zero-order chi connectivity index (χ0) is 25.6. The van der Waals surface area contributed by atoms with Crippen molar-refractivity contribution in [3.63, 3.8) is 0 Å². The minimum atomic E-state index is 0.169. The zero-order valence-electron chi connectivity index (χ0n) is 22.2. The maximum atomic E-state index is 13.7. The molecular formula is C32H39N3O2. The van der Waals surface area contributed by atoms with E-state index in [9.17, 15) is 4.79 Å². The van der Waals surface area contributed by atoms with Crippen molar-refractivity contribution in [3.05, 3.63) is 111 Å². The lowest BCUT2D eigenvalue weighted by Crippen LogP contribution is -2.47. The maximum absolute atomic E-state index is 13.7. The molecule has 0 spiro atoms. The molecule has 0 unspecified atom stereocenters. The van der Waals surface area contributed by atoms with Crippen molar-refractivity contribution in [3.8, 4) is 0 Å². The first-order valence-electron chi connectivity index (χ1n) is 13.7. The molecule has 5 rings (SSSR count). The van der Waals surface area contributed by atoms with Gasteiger partial charge in [0.1, 0.15) is 0 Å². The predicted molar refractivity (Wildman–Crippen MR) is 151 cm³/mol. The average Bonchev–Trinajstić information content (AvgIpc) is 3.10. The number of anilines is 1. The van der Waals surface area contributed by atoms with Crippen molar-refractivity contribution in [2.45, 2.75) is 32.4 Å². The van der Waals surface area contributed by atoms with Crippen molar-refractivity contribution in [2.24, 2.45) is 0 Å². The Hall–Kier alpha value is -2.99. The van der Waals surface area contributed by atoms with Gasteiger partial charge in [-0.3, -0.25) is 14.6 Å². The average molecular weight is 498 g/mol. The number of nitrogens with zero attached hydrogens (tertiary/aromatic N) is 3. The van der Waals surface area contributed by atoms with Crippen LogP contribution in [0.5, 0.6) is 0 Å². The third kappa shape index (κ3) is 6.12. The second-order valence-electron chi connectivity index (χ2n) is 10.5. The monoisotopic (exact) mass is 497 g/mol.